The molecule has 0 aromatic rings. The number of hydrogen-bond acceptors (Lipinski definition) is 4. The summed E-state index contributed by atoms with van der Waals surface area (Å²) < 4.78 is 5.05. The topological polar surface area (TPSA) is 105 Å². The average molecular weight is 443 g/mol. The zero-order valence-electron chi connectivity index (χ0n) is 20.3. The number of amides is 2. The summed E-state index contributed by atoms with van der Waals surface area (Å²) in [6.45, 7) is 7.17. The minimum atomic E-state index is -1.22. The summed E-state index contributed by atoms with van der Waals surface area (Å²) in [6, 6.07) is -1.22. The van der Waals surface area contributed by atoms with Crippen molar-refractivity contribution in [2.75, 3.05) is 6.54 Å². The van der Waals surface area contributed by atoms with Gasteiger partial charge in [0.25, 0.3) is 0 Å². The van der Waals surface area contributed by atoms with E-state index in [0.29, 0.717) is 6.42 Å². The molecule has 0 aromatic heterocycles. The maximum absolute atomic E-state index is 11.9. The van der Waals surface area contributed by atoms with E-state index < -0.39 is 23.7 Å². The van der Waals surface area contributed by atoms with Crippen molar-refractivity contribution in [1.82, 2.24) is 10.6 Å². The first-order valence-electron chi connectivity index (χ1n) is 12.1. The van der Waals surface area contributed by atoms with E-state index in [1.165, 1.54) is 64.2 Å². The molecule has 1 atom stereocenters. The standard InChI is InChI=1S/C24H46N2O5/c1-5-6-7-8-9-10-11-12-13-14-15-16-17-18-21(27)25-19-20(22(28)29)26-23(30)31-24(2,3)4/h20H,5-19H2,1-4H3,(H,25,27)(H,26,30)(H,28,29)/t20-/m0/s1. The molecule has 0 heterocycles. The van der Waals surface area contributed by atoms with Gasteiger partial charge in [0.15, 0.2) is 0 Å². The second-order valence-corrected chi connectivity index (χ2v) is 9.33. The molecule has 7 nitrogen and oxygen atoms in total. The molecule has 0 spiro atoms. The Morgan fingerprint density at radius 2 is 1.26 bits per heavy atom. The van der Waals surface area contributed by atoms with Gasteiger partial charge in [-0.05, 0) is 27.2 Å². The van der Waals surface area contributed by atoms with Crippen molar-refractivity contribution in [3.63, 3.8) is 0 Å². The number of rotatable bonds is 18. The number of nitrogens with one attached hydrogen (secondary N) is 2. The maximum atomic E-state index is 11.9. The molecular formula is C24H46N2O5. The summed E-state index contributed by atoms with van der Waals surface area (Å²) in [4.78, 5) is 34.9. The van der Waals surface area contributed by atoms with Crippen molar-refractivity contribution in [2.45, 2.75) is 129 Å². The molecule has 7 heteroatoms. The van der Waals surface area contributed by atoms with Gasteiger partial charge in [-0.3, -0.25) is 4.79 Å². The number of carboxylic acids is 1. The van der Waals surface area contributed by atoms with Crippen LogP contribution in [0.5, 0.6) is 0 Å². The molecule has 0 aliphatic rings. The molecule has 3 N–H and O–H groups in total. The second kappa shape index (κ2) is 17.8. The average Bonchev–Trinajstić information content (AvgIpc) is 2.67. The molecule has 0 fully saturated rings. The second-order valence-electron chi connectivity index (χ2n) is 9.33. The van der Waals surface area contributed by atoms with Gasteiger partial charge < -0.3 is 20.5 Å². The predicted molar refractivity (Wildman–Crippen MR) is 124 cm³/mol. The van der Waals surface area contributed by atoms with Crippen LogP contribution in [0.2, 0.25) is 0 Å². The van der Waals surface area contributed by atoms with Gasteiger partial charge >= 0.3 is 12.1 Å². The number of alkyl carbamates (subject to hydrolysis) is 1. The lowest BCUT2D eigenvalue weighted by molar-refractivity contribution is -0.139. The lowest BCUT2D eigenvalue weighted by atomic mass is 10.0. The molecule has 0 aromatic carbocycles. The van der Waals surface area contributed by atoms with Crippen LogP contribution in [0.15, 0.2) is 0 Å². The van der Waals surface area contributed by atoms with E-state index in [1.54, 1.807) is 20.8 Å². The molecule has 0 radical (unpaired) electrons. The molecular weight excluding hydrogens is 396 g/mol. The van der Waals surface area contributed by atoms with Crippen LogP contribution in [0.4, 0.5) is 4.79 Å². The van der Waals surface area contributed by atoms with E-state index in [9.17, 15) is 19.5 Å². The van der Waals surface area contributed by atoms with Crippen LogP contribution >= 0.6 is 0 Å². The Morgan fingerprint density at radius 3 is 1.68 bits per heavy atom. The van der Waals surface area contributed by atoms with Gasteiger partial charge in [-0.2, -0.15) is 0 Å². The third kappa shape index (κ3) is 19.9. The Bertz CT molecular complexity index is 503. The van der Waals surface area contributed by atoms with E-state index in [0.717, 1.165) is 19.3 Å². The molecule has 0 aliphatic carbocycles. The van der Waals surface area contributed by atoms with Crippen LogP contribution in [0.1, 0.15) is 118 Å². The van der Waals surface area contributed by atoms with Crippen molar-refractivity contribution in [3.8, 4) is 0 Å². The number of carboxylic acid groups (broad SMARTS) is 1. The van der Waals surface area contributed by atoms with Gasteiger partial charge in [0.2, 0.25) is 5.91 Å². The van der Waals surface area contributed by atoms with E-state index in [1.807, 2.05) is 0 Å². The third-order valence-electron chi connectivity index (χ3n) is 5.00. The molecule has 0 saturated carbocycles. The Morgan fingerprint density at radius 1 is 0.806 bits per heavy atom. The Kier molecular flexibility index (Phi) is 16.8. The summed E-state index contributed by atoms with van der Waals surface area (Å²) in [5, 5.41) is 14.1. The highest BCUT2D eigenvalue weighted by Crippen LogP contribution is 2.13. The minimum absolute atomic E-state index is 0.161. The van der Waals surface area contributed by atoms with Crippen LogP contribution in [0, 0.1) is 0 Å². The van der Waals surface area contributed by atoms with Gasteiger partial charge in [0.05, 0.1) is 0 Å². The highest BCUT2D eigenvalue weighted by molar-refractivity contribution is 5.82. The molecule has 0 rings (SSSR count). The normalized spacial score (nSPS) is 12.3. The first-order chi connectivity index (χ1) is 14.7. The number of ether oxygens (including phenoxy) is 1. The lowest BCUT2D eigenvalue weighted by Crippen LogP contribution is -2.49. The fraction of sp³-hybridized carbons (Fsp3) is 0.875. The van der Waals surface area contributed by atoms with Crippen molar-refractivity contribution >= 4 is 18.0 Å². The molecule has 182 valence electrons. The summed E-state index contributed by atoms with van der Waals surface area (Å²) in [5.74, 6) is -1.41. The zero-order valence-corrected chi connectivity index (χ0v) is 20.3. The smallest absolute Gasteiger partial charge is 0.408 e. The molecule has 0 saturated heterocycles. The van der Waals surface area contributed by atoms with Crippen LogP contribution in [0.25, 0.3) is 0 Å². The highest BCUT2D eigenvalue weighted by atomic mass is 16.6. The van der Waals surface area contributed by atoms with Crippen LogP contribution in [-0.2, 0) is 14.3 Å². The minimum Gasteiger partial charge on any atom is -0.480 e. The van der Waals surface area contributed by atoms with Crippen molar-refractivity contribution in [2.24, 2.45) is 0 Å². The Balaban J connectivity index is 3.71. The molecule has 0 bridgehead atoms. The van der Waals surface area contributed by atoms with Gasteiger partial charge in [0.1, 0.15) is 11.6 Å². The number of hydrogen-bond donors (Lipinski definition) is 3. The fourth-order valence-electron chi connectivity index (χ4n) is 3.26. The Labute approximate surface area is 189 Å². The van der Waals surface area contributed by atoms with Gasteiger partial charge in [-0.15, -0.1) is 0 Å². The van der Waals surface area contributed by atoms with Gasteiger partial charge in [0, 0.05) is 13.0 Å². The number of aliphatic carboxylic acids is 1. The molecule has 31 heavy (non-hydrogen) atoms. The number of carbonyl (C=O) groups excluding carboxylic acids is 2. The van der Waals surface area contributed by atoms with Crippen LogP contribution in [-0.4, -0.2) is 41.3 Å². The van der Waals surface area contributed by atoms with E-state index in [2.05, 4.69) is 17.6 Å². The first kappa shape index (κ1) is 29.2. The quantitative estimate of drug-likeness (QED) is 0.241. The molecule has 0 aliphatic heterocycles. The van der Waals surface area contributed by atoms with E-state index in [4.69, 9.17) is 4.74 Å². The fourth-order valence-corrected chi connectivity index (χ4v) is 3.26. The lowest BCUT2D eigenvalue weighted by Gasteiger charge is -2.22. The maximum Gasteiger partial charge on any atom is 0.408 e. The van der Waals surface area contributed by atoms with Crippen molar-refractivity contribution in [1.29, 1.82) is 0 Å². The SMILES string of the molecule is CCCCCCCCCCCCCCCC(=O)NC[C@H](NC(=O)OC(C)(C)C)C(=O)O. The zero-order chi connectivity index (χ0) is 23.5. The Hall–Kier alpha value is -1.79. The van der Waals surface area contributed by atoms with Crippen molar-refractivity contribution < 1.29 is 24.2 Å². The van der Waals surface area contributed by atoms with E-state index >= 15 is 0 Å². The largest absolute Gasteiger partial charge is 0.480 e. The summed E-state index contributed by atoms with van der Waals surface area (Å²) in [5.41, 5.74) is -0.718. The van der Waals surface area contributed by atoms with Gasteiger partial charge in [-0.1, -0.05) is 84.0 Å². The number of unbranched alkanes of at least 4 members (excludes halogenated alkanes) is 12. The monoisotopic (exact) mass is 442 g/mol. The highest BCUT2D eigenvalue weighted by Gasteiger charge is 2.24. The third-order valence-corrected chi connectivity index (χ3v) is 5.00. The number of carbonyl (C=O) groups is 3. The van der Waals surface area contributed by atoms with Crippen LogP contribution < -0.4 is 10.6 Å². The van der Waals surface area contributed by atoms with Crippen molar-refractivity contribution in [3.05, 3.63) is 0 Å². The van der Waals surface area contributed by atoms with Crippen LogP contribution in [0.3, 0.4) is 0 Å². The molecule has 0 unspecified atom stereocenters. The summed E-state index contributed by atoms with van der Waals surface area (Å²) in [6.07, 6.45) is 15.7. The molecule has 2 amide bonds. The van der Waals surface area contributed by atoms with Gasteiger partial charge in [-0.25, -0.2) is 9.59 Å². The van der Waals surface area contributed by atoms with E-state index in [-0.39, 0.29) is 12.5 Å². The first-order valence-corrected chi connectivity index (χ1v) is 12.1. The predicted octanol–water partition coefficient (Wildman–Crippen LogP) is 5.56. The summed E-state index contributed by atoms with van der Waals surface area (Å²) in [7, 11) is 0. The summed E-state index contributed by atoms with van der Waals surface area (Å²) >= 11 is 0.